The van der Waals surface area contributed by atoms with Crippen molar-refractivity contribution < 1.29 is 13.3 Å². The summed E-state index contributed by atoms with van der Waals surface area (Å²) in [6.07, 6.45) is 1.00. The highest BCUT2D eigenvalue weighted by Gasteiger charge is 2.30. The fraction of sp³-hybridized carbons (Fsp3) is 0.250. The first-order chi connectivity index (χ1) is 11.0. The fourth-order valence-electron chi connectivity index (χ4n) is 2.74. The molecular weight excluding hydrogens is 316 g/mol. The van der Waals surface area contributed by atoms with E-state index in [1.807, 2.05) is 30.3 Å². The predicted molar refractivity (Wildman–Crippen MR) is 88.1 cm³/mol. The summed E-state index contributed by atoms with van der Waals surface area (Å²) in [5.41, 5.74) is 2.13. The number of anilines is 1. The van der Waals surface area contributed by atoms with Crippen molar-refractivity contribution in [1.82, 2.24) is 0 Å². The van der Waals surface area contributed by atoms with E-state index in [-0.39, 0.29) is 11.4 Å². The first-order valence-corrected chi connectivity index (χ1v) is 8.90. The highest BCUT2D eigenvalue weighted by Crippen LogP contribution is 2.33. The van der Waals surface area contributed by atoms with Crippen LogP contribution in [0.4, 0.5) is 11.4 Å². The minimum absolute atomic E-state index is 0.0147. The number of nitro groups is 1. The number of fused-ring (bicyclic) bond motifs is 1. The molecule has 0 bridgehead atoms. The lowest BCUT2D eigenvalue weighted by molar-refractivity contribution is -0.384. The first-order valence-electron chi connectivity index (χ1n) is 7.29. The molecular formula is C16H16N2O4S. The molecule has 1 aliphatic rings. The molecule has 1 aliphatic heterocycles. The summed E-state index contributed by atoms with van der Waals surface area (Å²) in [5, 5.41) is 10.9. The molecule has 0 atom stereocenters. The van der Waals surface area contributed by atoms with Crippen LogP contribution in [-0.2, 0) is 22.9 Å². The Morgan fingerprint density at radius 1 is 1.13 bits per heavy atom. The van der Waals surface area contributed by atoms with Crippen molar-refractivity contribution in [3.05, 3.63) is 69.8 Å². The van der Waals surface area contributed by atoms with Crippen LogP contribution >= 0.6 is 0 Å². The van der Waals surface area contributed by atoms with Crippen LogP contribution in [-0.4, -0.2) is 25.6 Å². The molecule has 0 saturated heterocycles. The summed E-state index contributed by atoms with van der Waals surface area (Å²) >= 11 is 0. The van der Waals surface area contributed by atoms with Gasteiger partial charge in [0, 0.05) is 18.7 Å². The van der Waals surface area contributed by atoms with Crippen molar-refractivity contribution in [2.75, 3.05) is 16.6 Å². The predicted octanol–water partition coefficient (Wildman–Crippen LogP) is 2.53. The van der Waals surface area contributed by atoms with Crippen LogP contribution in [0.2, 0.25) is 0 Å². The number of rotatable bonds is 5. The van der Waals surface area contributed by atoms with Gasteiger partial charge in [0.2, 0.25) is 10.0 Å². The van der Waals surface area contributed by atoms with Crippen molar-refractivity contribution in [2.45, 2.75) is 12.8 Å². The maximum Gasteiger partial charge on any atom is 0.271 e. The average Bonchev–Trinajstić information content (AvgIpc) is 2.98. The van der Waals surface area contributed by atoms with Gasteiger partial charge < -0.3 is 0 Å². The van der Waals surface area contributed by atoms with Crippen LogP contribution in [0.5, 0.6) is 0 Å². The Bertz CT molecular complexity index is 834. The van der Waals surface area contributed by atoms with E-state index in [0.29, 0.717) is 25.1 Å². The third-order valence-corrected chi connectivity index (χ3v) is 5.73. The van der Waals surface area contributed by atoms with Crippen LogP contribution in [0.1, 0.15) is 11.1 Å². The molecule has 6 nitrogen and oxygen atoms in total. The van der Waals surface area contributed by atoms with Crippen LogP contribution in [0.3, 0.4) is 0 Å². The number of nitrogens with zero attached hydrogens (tertiary/aromatic N) is 2. The zero-order valence-electron chi connectivity index (χ0n) is 12.4. The number of hydrogen-bond donors (Lipinski definition) is 0. The Morgan fingerprint density at radius 2 is 1.87 bits per heavy atom. The molecule has 1 heterocycles. The molecule has 0 saturated carbocycles. The number of aryl methyl sites for hydroxylation is 1. The molecule has 0 aromatic heterocycles. The van der Waals surface area contributed by atoms with E-state index in [4.69, 9.17) is 0 Å². The van der Waals surface area contributed by atoms with Gasteiger partial charge in [-0.25, -0.2) is 8.42 Å². The summed E-state index contributed by atoms with van der Waals surface area (Å²) in [6, 6.07) is 13.8. The van der Waals surface area contributed by atoms with E-state index >= 15 is 0 Å². The van der Waals surface area contributed by atoms with Crippen molar-refractivity contribution in [3.63, 3.8) is 0 Å². The number of hydrogen-bond acceptors (Lipinski definition) is 4. The van der Waals surface area contributed by atoms with Crippen LogP contribution < -0.4 is 4.31 Å². The summed E-state index contributed by atoms with van der Waals surface area (Å²) in [6.45, 7) is 0.341. The minimum atomic E-state index is -3.50. The molecule has 0 amide bonds. The molecule has 0 radical (unpaired) electrons. The van der Waals surface area contributed by atoms with Gasteiger partial charge in [-0.15, -0.1) is 0 Å². The second kappa shape index (κ2) is 6.00. The van der Waals surface area contributed by atoms with E-state index in [0.717, 1.165) is 11.1 Å². The molecule has 120 valence electrons. The van der Waals surface area contributed by atoms with Gasteiger partial charge in [0.15, 0.2) is 0 Å². The SMILES string of the molecule is O=[N+]([O-])c1ccc2c(c1)N(S(=O)(=O)CCc1ccccc1)CC2. The first kappa shape index (κ1) is 15.5. The molecule has 0 spiro atoms. The van der Waals surface area contributed by atoms with Crippen molar-refractivity contribution in [2.24, 2.45) is 0 Å². The lowest BCUT2D eigenvalue weighted by Gasteiger charge is -2.19. The molecule has 0 N–H and O–H groups in total. The van der Waals surface area contributed by atoms with Gasteiger partial charge in [-0.05, 0) is 24.0 Å². The standard InChI is InChI=1S/C16H16N2O4S/c19-18(20)15-7-6-14-8-10-17(16(14)12-15)23(21,22)11-9-13-4-2-1-3-5-13/h1-7,12H,8-11H2. The molecule has 0 aliphatic carbocycles. The molecule has 2 aromatic rings. The van der Waals surface area contributed by atoms with E-state index in [1.165, 1.54) is 16.4 Å². The zero-order chi connectivity index (χ0) is 16.4. The van der Waals surface area contributed by atoms with Crippen molar-refractivity contribution >= 4 is 21.4 Å². The van der Waals surface area contributed by atoms with E-state index in [9.17, 15) is 18.5 Å². The van der Waals surface area contributed by atoms with Crippen molar-refractivity contribution in [1.29, 1.82) is 0 Å². The van der Waals surface area contributed by atoms with Gasteiger partial charge in [0.25, 0.3) is 5.69 Å². The van der Waals surface area contributed by atoms with Crippen LogP contribution in [0.25, 0.3) is 0 Å². The van der Waals surface area contributed by atoms with E-state index in [1.54, 1.807) is 6.07 Å². The number of sulfonamides is 1. The minimum Gasteiger partial charge on any atom is -0.269 e. The number of nitro benzene ring substituents is 1. The molecule has 3 rings (SSSR count). The zero-order valence-corrected chi connectivity index (χ0v) is 13.2. The topological polar surface area (TPSA) is 80.5 Å². The smallest absolute Gasteiger partial charge is 0.269 e. The molecule has 2 aromatic carbocycles. The van der Waals surface area contributed by atoms with E-state index < -0.39 is 14.9 Å². The maximum atomic E-state index is 12.6. The molecule has 0 fully saturated rings. The second-order valence-electron chi connectivity index (χ2n) is 5.44. The fourth-order valence-corrected chi connectivity index (χ4v) is 4.30. The lowest BCUT2D eigenvalue weighted by Crippen LogP contribution is -2.32. The summed E-state index contributed by atoms with van der Waals surface area (Å²) in [7, 11) is -3.50. The maximum absolute atomic E-state index is 12.6. The third kappa shape index (κ3) is 3.19. The second-order valence-corrected chi connectivity index (χ2v) is 7.46. The van der Waals surface area contributed by atoms with E-state index in [2.05, 4.69) is 0 Å². The summed E-state index contributed by atoms with van der Waals surface area (Å²) in [5.74, 6) is -0.0147. The van der Waals surface area contributed by atoms with Crippen molar-refractivity contribution in [3.8, 4) is 0 Å². The summed E-state index contributed by atoms with van der Waals surface area (Å²) < 4.78 is 26.5. The number of non-ortho nitro benzene ring substituents is 1. The Hall–Kier alpha value is -2.41. The van der Waals surface area contributed by atoms with Crippen LogP contribution in [0.15, 0.2) is 48.5 Å². The van der Waals surface area contributed by atoms with Gasteiger partial charge in [-0.3, -0.25) is 14.4 Å². The normalized spacial score (nSPS) is 13.8. The van der Waals surface area contributed by atoms with Gasteiger partial charge in [-0.1, -0.05) is 36.4 Å². The Morgan fingerprint density at radius 3 is 2.57 bits per heavy atom. The third-order valence-electron chi connectivity index (χ3n) is 3.96. The molecule has 0 unspecified atom stereocenters. The Kier molecular flexibility index (Phi) is 4.04. The highest BCUT2D eigenvalue weighted by atomic mass is 32.2. The van der Waals surface area contributed by atoms with Gasteiger partial charge in [0.05, 0.1) is 16.4 Å². The largest absolute Gasteiger partial charge is 0.271 e. The average molecular weight is 332 g/mol. The quantitative estimate of drug-likeness (QED) is 0.622. The molecule has 23 heavy (non-hydrogen) atoms. The Labute approximate surface area is 134 Å². The highest BCUT2D eigenvalue weighted by molar-refractivity contribution is 7.92. The summed E-state index contributed by atoms with van der Waals surface area (Å²) in [4.78, 5) is 10.4. The van der Waals surface area contributed by atoms with Crippen LogP contribution in [0, 0.1) is 10.1 Å². The molecule has 7 heteroatoms. The number of benzene rings is 2. The Balaban J connectivity index is 1.83. The van der Waals surface area contributed by atoms with Gasteiger partial charge >= 0.3 is 0 Å². The lowest BCUT2D eigenvalue weighted by atomic mass is 10.1. The van der Waals surface area contributed by atoms with Gasteiger partial charge in [0.1, 0.15) is 0 Å². The van der Waals surface area contributed by atoms with Gasteiger partial charge in [-0.2, -0.15) is 0 Å². The monoisotopic (exact) mass is 332 g/mol.